The summed E-state index contributed by atoms with van der Waals surface area (Å²) in [5.74, 6) is -0.486. The van der Waals surface area contributed by atoms with Crippen molar-refractivity contribution in [3.63, 3.8) is 0 Å². The van der Waals surface area contributed by atoms with Crippen LogP contribution in [0.25, 0.3) is 11.1 Å². The van der Waals surface area contributed by atoms with E-state index in [1.165, 1.54) is 35.0 Å². The topological polar surface area (TPSA) is 137 Å². The smallest absolute Gasteiger partial charge is 0.392 e. The number of aliphatic hydroxyl groups excluding tert-OH is 1. The van der Waals surface area contributed by atoms with Gasteiger partial charge in [0.1, 0.15) is 11.5 Å². The molecule has 0 atom stereocenters. The van der Waals surface area contributed by atoms with Gasteiger partial charge in [-0.2, -0.15) is 13.2 Å². The highest BCUT2D eigenvalue weighted by atomic mass is 19.4. The van der Waals surface area contributed by atoms with Gasteiger partial charge in [0, 0.05) is 68.0 Å². The van der Waals surface area contributed by atoms with E-state index in [9.17, 15) is 37.5 Å². The molecule has 0 aliphatic carbocycles. The van der Waals surface area contributed by atoms with Crippen LogP contribution in [0.4, 0.5) is 30.4 Å². The largest absolute Gasteiger partial charge is 0.397 e. The van der Waals surface area contributed by atoms with Crippen LogP contribution in [0.3, 0.4) is 0 Å². The molecule has 5 rings (SSSR count). The number of nitrogens with one attached hydrogen (secondary N) is 2. The van der Waals surface area contributed by atoms with Gasteiger partial charge < -0.3 is 30.1 Å². The van der Waals surface area contributed by atoms with Crippen molar-refractivity contribution in [2.24, 2.45) is 7.05 Å². The number of nitrogens with zero attached hydrogens (tertiary/aromatic N) is 4. The molecule has 49 heavy (non-hydrogen) atoms. The number of piperazine rings is 1. The first kappa shape index (κ1) is 34.8. The van der Waals surface area contributed by atoms with Crippen molar-refractivity contribution in [3.8, 4) is 11.1 Å². The van der Waals surface area contributed by atoms with E-state index in [2.05, 4.69) is 15.6 Å². The lowest BCUT2D eigenvalue weighted by atomic mass is 9.83. The van der Waals surface area contributed by atoms with Crippen molar-refractivity contribution in [2.75, 3.05) is 36.8 Å². The maximum atomic E-state index is 13.5. The van der Waals surface area contributed by atoms with Crippen molar-refractivity contribution in [3.05, 3.63) is 106 Å². The fourth-order valence-electron chi connectivity index (χ4n) is 5.44. The number of hydrogen-bond donors (Lipinski definition) is 3. The number of alkyl halides is 3. The number of halogens is 3. The lowest BCUT2D eigenvalue weighted by molar-refractivity contribution is -0.180. The summed E-state index contributed by atoms with van der Waals surface area (Å²) in [7, 11) is 1.56. The number of rotatable bonds is 9. The highest BCUT2D eigenvalue weighted by Gasteiger charge is 2.48. The molecule has 4 aromatic rings. The lowest BCUT2D eigenvalue weighted by Gasteiger charge is -2.32. The molecule has 14 heteroatoms. The maximum absolute atomic E-state index is 13.5. The Balaban J connectivity index is 1.35. The standard InChI is InChI=1S/C35H35F3N6O5/c1-34(2,35(36,37)38)25-10-7-22(8-11-25)31(47)41-28-6-4-5-26(27(28)20-45)24-17-29(33(49)42(3)19-24)40-30-12-9-23(18-39-30)32(48)44-15-13-43(21-46)14-16-44/h4-12,17-19,21,45H,13-16,20H2,1-3H3,(H,39,40)(H,41,47). The highest BCUT2D eigenvalue weighted by Crippen LogP contribution is 2.40. The van der Waals surface area contributed by atoms with E-state index in [0.717, 1.165) is 20.3 Å². The van der Waals surface area contributed by atoms with Crippen molar-refractivity contribution in [1.82, 2.24) is 19.4 Å². The van der Waals surface area contributed by atoms with Gasteiger partial charge in [-0.3, -0.25) is 19.2 Å². The van der Waals surface area contributed by atoms with Crippen LogP contribution in [-0.2, 0) is 23.9 Å². The van der Waals surface area contributed by atoms with Gasteiger partial charge in [0.25, 0.3) is 17.4 Å². The van der Waals surface area contributed by atoms with E-state index in [0.29, 0.717) is 54.3 Å². The average Bonchev–Trinajstić information content (AvgIpc) is 3.09. The Morgan fingerprint density at radius 2 is 1.63 bits per heavy atom. The van der Waals surface area contributed by atoms with Crippen LogP contribution in [0.5, 0.6) is 0 Å². The zero-order chi connectivity index (χ0) is 35.5. The number of anilines is 3. The summed E-state index contributed by atoms with van der Waals surface area (Å²) in [4.78, 5) is 57.6. The Hall–Kier alpha value is -5.50. The molecule has 0 saturated carbocycles. The lowest BCUT2D eigenvalue weighted by Crippen LogP contribution is -2.48. The SMILES string of the molecule is Cn1cc(-c2cccc(NC(=O)c3ccc(C(C)(C)C(F)(F)F)cc3)c2CO)cc(Nc2ccc(C(=O)N3CCN(C=O)CC3)cn2)c1=O. The predicted molar refractivity (Wildman–Crippen MR) is 178 cm³/mol. The average molecular weight is 677 g/mol. The molecule has 256 valence electrons. The second-order valence-corrected chi connectivity index (χ2v) is 12.2. The minimum atomic E-state index is -4.47. The number of carbonyl (C=O) groups is 3. The number of carbonyl (C=O) groups excluding carboxylic acids is 3. The molecule has 2 aromatic heterocycles. The van der Waals surface area contributed by atoms with E-state index >= 15 is 0 Å². The minimum absolute atomic E-state index is 0.0129. The molecule has 1 aliphatic rings. The summed E-state index contributed by atoms with van der Waals surface area (Å²) in [5, 5.41) is 16.1. The first-order valence-corrected chi connectivity index (χ1v) is 15.4. The van der Waals surface area contributed by atoms with E-state index < -0.39 is 24.1 Å². The quantitative estimate of drug-likeness (QED) is 0.219. The Morgan fingerprint density at radius 3 is 2.22 bits per heavy atom. The van der Waals surface area contributed by atoms with Gasteiger partial charge in [0.05, 0.1) is 17.6 Å². The highest BCUT2D eigenvalue weighted by molar-refractivity contribution is 6.05. The van der Waals surface area contributed by atoms with Gasteiger partial charge in [0.2, 0.25) is 6.41 Å². The number of aliphatic hydroxyl groups is 1. The van der Waals surface area contributed by atoms with Crippen LogP contribution < -0.4 is 16.2 Å². The molecule has 1 aliphatic heterocycles. The van der Waals surface area contributed by atoms with Gasteiger partial charge in [0.15, 0.2) is 0 Å². The summed E-state index contributed by atoms with van der Waals surface area (Å²) < 4.78 is 41.8. The number of pyridine rings is 2. The number of hydrogen-bond acceptors (Lipinski definition) is 7. The third kappa shape index (κ3) is 7.33. The third-order valence-corrected chi connectivity index (χ3v) is 8.68. The van der Waals surface area contributed by atoms with Crippen LogP contribution >= 0.6 is 0 Å². The minimum Gasteiger partial charge on any atom is -0.392 e. The number of aryl methyl sites for hydroxylation is 1. The summed E-state index contributed by atoms with van der Waals surface area (Å²) in [6.07, 6.45) is -0.722. The second-order valence-electron chi connectivity index (χ2n) is 12.2. The molecule has 0 unspecified atom stereocenters. The first-order chi connectivity index (χ1) is 23.2. The summed E-state index contributed by atoms with van der Waals surface area (Å²) >= 11 is 0. The van der Waals surface area contributed by atoms with E-state index in [1.54, 1.807) is 59.4 Å². The summed E-state index contributed by atoms with van der Waals surface area (Å²) in [6.45, 7) is 3.40. The van der Waals surface area contributed by atoms with Crippen molar-refractivity contribution < 1.29 is 32.7 Å². The number of benzene rings is 2. The second kappa shape index (κ2) is 13.9. The fourth-order valence-corrected chi connectivity index (χ4v) is 5.44. The van der Waals surface area contributed by atoms with Gasteiger partial charge in [-0.15, -0.1) is 0 Å². The molecule has 0 bridgehead atoms. The maximum Gasteiger partial charge on any atom is 0.397 e. The van der Waals surface area contributed by atoms with E-state index in [1.807, 2.05) is 0 Å². The predicted octanol–water partition coefficient (Wildman–Crippen LogP) is 4.69. The van der Waals surface area contributed by atoms with Crippen molar-refractivity contribution in [2.45, 2.75) is 32.0 Å². The molecule has 0 radical (unpaired) electrons. The van der Waals surface area contributed by atoms with Crippen LogP contribution in [0.15, 0.2) is 77.9 Å². The zero-order valence-corrected chi connectivity index (χ0v) is 27.0. The van der Waals surface area contributed by atoms with Crippen LogP contribution in [0, 0.1) is 0 Å². The monoisotopic (exact) mass is 676 g/mol. The van der Waals surface area contributed by atoms with Crippen LogP contribution in [0.1, 0.15) is 45.7 Å². The Kier molecular flexibility index (Phi) is 9.90. The first-order valence-electron chi connectivity index (χ1n) is 15.4. The molecule has 3 amide bonds. The van der Waals surface area contributed by atoms with E-state index in [4.69, 9.17) is 0 Å². The Morgan fingerprint density at radius 1 is 0.959 bits per heavy atom. The van der Waals surface area contributed by atoms with Crippen LogP contribution in [-0.4, -0.2) is 75.0 Å². The van der Waals surface area contributed by atoms with Crippen molar-refractivity contribution >= 4 is 35.4 Å². The molecule has 1 fully saturated rings. The Labute approximate surface area is 280 Å². The van der Waals surface area contributed by atoms with Gasteiger partial charge in [-0.25, -0.2) is 4.98 Å². The fraction of sp³-hybridized carbons (Fsp3) is 0.286. The molecule has 2 aromatic carbocycles. The molecular weight excluding hydrogens is 641 g/mol. The van der Waals surface area contributed by atoms with E-state index in [-0.39, 0.29) is 34.0 Å². The van der Waals surface area contributed by atoms with Crippen molar-refractivity contribution in [1.29, 1.82) is 0 Å². The zero-order valence-electron chi connectivity index (χ0n) is 27.0. The molecule has 0 spiro atoms. The molecule has 3 heterocycles. The summed E-state index contributed by atoms with van der Waals surface area (Å²) in [5.41, 5.74) is -0.119. The molecule has 11 nitrogen and oxygen atoms in total. The third-order valence-electron chi connectivity index (χ3n) is 8.68. The Bertz CT molecular complexity index is 1920. The van der Waals surface area contributed by atoms with Gasteiger partial charge >= 0.3 is 6.18 Å². The summed E-state index contributed by atoms with van der Waals surface area (Å²) in [6, 6.07) is 14.9. The van der Waals surface area contributed by atoms with Gasteiger partial charge in [-0.05, 0) is 61.4 Å². The van der Waals surface area contributed by atoms with Crippen LogP contribution in [0.2, 0.25) is 0 Å². The number of amides is 3. The molecule has 3 N–H and O–H groups in total. The molecule has 1 saturated heterocycles. The molecular formula is C35H35F3N6O5. The normalized spacial score (nSPS) is 13.6. The van der Waals surface area contributed by atoms with Gasteiger partial charge in [-0.1, -0.05) is 24.3 Å². The number of aromatic nitrogens is 2.